The molecule has 1 N–H and O–H groups in total. The Labute approximate surface area is 103 Å². The van der Waals surface area contributed by atoms with E-state index in [1.54, 1.807) is 6.07 Å². The SMILES string of the molecule is Cc1ccc(Nc2cccc(C(F)(F)F)c2)cc1. The summed E-state index contributed by atoms with van der Waals surface area (Å²) in [6, 6.07) is 12.6. The van der Waals surface area contributed by atoms with Crippen LogP contribution in [0.4, 0.5) is 24.5 Å². The van der Waals surface area contributed by atoms with Crippen LogP contribution in [-0.2, 0) is 6.18 Å². The molecule has 18 heavy (non-hydrogen) atoms. The van der Waals surface area contributed by atoms with Crippen LogP contribution < -0.4 is 5.32 Å². The van der Waals surface area contributed by atoms with Gasteiger partial charge in [0.15, 0.2) is 0 Å². The Bertz CT molecular complexity index is 529. The number of hydrogen-bond acceptors (Lipinski definition) is 1. The number of benzene rings is 2. The molecule has 1 nitrogen and oxygen atoms in total. The molecule has 2 aromatic carbocycles. The van der Waals surface area contributed by atoms with Gasteiger partial charge in [0.05, 0.1) is 5.56 Å². The molecule has 0 aliphatic rings. The van der Waals surface area contributed by atoms with Crippen LogP contribution in [-0.4, -0.2) is 0 Å². The summed E-state index contributed by atoms with van der Waals surface area (Å²) >= 11 is 0. The first kappa shape index (κ1) is 12.5. The number of hydrogen-bond donors (Lipinski definition) is 1. The molecule has 0 spiro atoms. The third-order valence-electron chi connectivity index (χ3n) is 2.53. The average molecular weight is 251 g/mol. The van der Waals surface area contributed by atoms with Gasteiger partial charge in [-0.15, -0.1) is 0 Å². The fourth-order valence-corrected chi connectivity index (χ4v) is 1.58. The third kappa shape index (κ3) is 3.03. The van der Waals surface area contributed by atoms with Gasteiger partial charge < -0.3 is 5.32 Å². The van der Waals surface area contributed by atoms with Gasteiger partial charge in [-0.25, -0.2) is 0 Å². The van der Waals surface area contributed by atoms with Crippen molar-refractivity contribution >= 4 is 11.4 Å². The van der Waals surface area contributed by atoms with Crippen LogP contribution in [0.1, 0.15) is 11.1 Å². The predicted octanol–water partition coefficient (Wildman–Crippen LogP) is 4.76. The molecule has 0 saturated carbocycles. The monoisotopic (exact) mass is 251 g/mol. The quantitative estimate of drug-likeness (QED) is 0.811. The van der Waals surface area contributed by atoms with Crippen molar-refractivity contribution in [2.75, 3.05) is 5.32 Å². The van der Waals surface area contributed by atoms with Gasteiger partial charge in [-0.05, 0) is 37.3 Å². The lowest BCUT2D eigenvalue weighted by atomic mass is 10.2. The van der Waals surface area contributed by atoms with Gasteiger partial charge in [-0.3, -0.25) is 0 Å². The molecule has 0 heterocycles. The van der Waals surface area contributed by atoms with E-state index in [1.165, 1.54) is 6.07 Å². The van der Waals surface area contributed by atoms with E-state index in [0.717, 1.165) is 23.4 Å². The van der Waals surface area contributed by atoms with Crippen molar-refractivity contribution in [3.05, 3.63) is 59.7 Å². The summed E-state index contributed by atoms with van der Waals surface area (Å²) in [5, 5.41) is 2.94. The van der Waals surface area contributed by atoms with E-state index in [1.807, 2.05) is 31.2 Å². The number of rotatable bonds is 2. The molecule has 4 heteroatoms. The van der Waals surface area contributed by atoms with Crippen LogP contribution in [0.5, 0.6) is 0 Å². The highest BCUT2D eigenvalue weighted by molar-refractivity contribution is 5.60. The molecule has 0 aromatic heterocycles. The van der Waals surface area contributed by atoms with Gasteiger partial charge in [-0.1, -0.05) is 23.8 Å². The number of halogens is 3. The van der Waals surface area contributed by atoms with Gasteiger partial charge >= 0.3 is 6.18 Å². The van der Waals surface area contributed by atoms with Crippen molar-refractivity contribution in [3.8, 4) is 0 Å². The Balaban J connectivity index is 2.22. The van der Waals surface area contributed by atoms with Crippen LogP contribution in [0, 0.1) is 6.92 Å². The number of aryl methyl sites for hydroxylation is 1. The van der Waals surface area contributed by atoms with Crippen molar-refractivity contribution in [1.82, 2.24) is 0 Å². The molecule has 0 saturated heterocycles. The van der Waals surface area contributed by atoms with Crippen molar-refractivity contribution in [3.63, 3.8) is 0 Å². The van der Waals surface area contributed by atoms with Crippen LogP contribution in [0.2, 0.25) is 0 Å². The summed E-state index contributed by atoms with van der Waals surface area (Å²) in [6.07, 6.45) is -4.31. The van der Waals surface area contributed by atoms with Gasteiger partial charge in [0.2, 0.25) is 0 Å². The summed E-state index contributed by atoms with van der Waals surface area (Å²) in [5.74, 6) is 0. The second-order valence-corrected chi connectivity index (χ2v) is 4.07. The molecule has 0 unspecified atom stereocenters. The second-order valence-electron chi connectivity index (χ2n) is 4.07. The molecule has 94 valence electrons. The summed E-state index contributed by atoms with van der Waals surface area (Å²) in [5.41, 5.74) is 1.64. The van der Waals surface area contributed by atoms with Crippen molar-refractivity contribution in [2.45, 2.75) is 13.1 Å². The second kappa shape index (κ2) is 4.72. The lowest BCUT2D eigenvalue weighted by molar-refractivity contribution is -0.137. The molecule has 0 aliphatic heterocycles. The standard InChI is InChI=1S/C14H12F3N/c1-10-5-7-12(8-6-10)18-13-4-2-3-11(9-13)14(15,16)17/h2-9,18H,1H3. The van der Waals surface area contributed by atoms with Crippen LogP contribution in [0.15, 0.2) is 48.5 Å². The number of nitrogens with one attached hydrogen (secondary N) is 1. The summed E-state index contributed by atoms with van der Waals surface area (Å²) in [4.78, 5) is 0. The average Bonchev–Trinajstić information content (AvgIpc) is 2.31. The molecular formula is C14H12F3N. The molecule has 2 aromatic rings. The van der Waals surface area contributed by atoms with Gasteiger partial charge in [-0.2, -0.15) is 13.2 Å². The van der Waals surface area contributed by atoms with Crippen LogP contribution in [0.3, 0.4) is 0 Å². The van der Waals surface area contributed by atoms with E-state index < -0.39 is 11.7 Å². The highest BCUT2D eigenvalue weighted by Crippen LogP contribution is 2.31. The maximum atomic E-state index is 12.5. The summed E-state index contributed by atoms with van der Waals surface area (Å²) < 4.78 is 37.6. The maximum Gasteiger partial charge on any atom is 0.416 e. The van der Waals surface area contributed by atoms with E-state index in [0.29, 0.717) is 5.69 Å². The topological polar surface area (TPSA) is 12.0 Å². The maximum absolute atomic E-state index is 12.5. The zero-order valence-corrected chi connectivity index (χ0v) is 9.75. The van der Waals surface area contributed by atoms with Gasteiger partial charge in [0.25, 0.3) is 0 Å². The zero-order valence-electron chi connectivity index (χ0n) is 9.75. The molecule has 2 rings (SSSR count). The summed E-state index contributed by atoms with van der Waals surface area (Å²) in [6.45, 7) is 1.95. The lowest BCUT2D eigenvalue weighted by Crippen LogP contribution is -2.05. The fourth-order valence-electron chi connectivity index (χ4n) is 1.58. The third-order valence-corrected chi connectivity index (χ3v) is 2.53. The number of alkyl halides is 3. The Kier molecular flexibility index (Phi) is 3.28. The lowest BCUT2D eigenvalue weighted by Gasteiger charge is -2.10. The molecule has 0 bridgehead atoms. The van der Waals surface area contributed by atoms with Crippen LogP contribution in [0.25, 0.3) is 0 Å². The van der Waals surface area contributed by atoms with E-state index >= 15 is 0 Å². The predicted molar refractivity (Wildman–Crippen MR) is 65.9 cm³/mol. The van der Waals surface area contributed by atoms with E-state index in [2.05, 4.69) is 5.32 Å². The smallest absolute Gasteiger partial charge is 0.356 e. The Morgan fingerprint density at radius 3 is 2.17 bits per heavy atom. The minimum atomic E-state index is -4.31. The van der Waals surface area contributed by atoms with Crippen molar-refractivity contribution in [2.24, 2.45) is 0 Å². The van der Waals surface area contributed by atoms with Crippen molar-refractivity contribution < 1.29 is 13.2 Å². The first-order valence-electron chi connectivity index (χ1n) is 5.46. The van der Waals surface area contributed by atoms with Crippen molar-refractivity contribution in [1.29, 1.82) is 0 Å². The molecule has 0 atom stereocenters. The van der Waals surface area contributed by atoms with E-state index in [9.17, 15) is 13.2 Å². The minimum absolute atomic E-state index is 0.425. The summed E-state index contributed by atoms with van der Waals surface area (Å²) in [7, 11) is 0. The Hall–Kier alpha value is -1.97. The van der Waals surface area contributed by atoms with E-state index in [4.69, 9.17) is 0 Å². The molecule has 0 aliphatic carbocycles. The highest BCUT2D eigenvalue weighted by Gasteiger charge is 2.30. The first-order valence-corrected chi connectivity index (χ1v) is 5.46. The van der Waals surface area contributed by atoms with Gasteiger partial charge in [0, 0.05) is 11.4 Å². The van der Waals surface area contributed by atoms with Crippen LogP contribution >= 0.6 is 0 Å². The largest absolute Gasteiger partial charge is 0.416 e. The normalized spacial score (nSPS) is 11.3. The Morgan fingerprint density at radius 1 is 0.889 bits per heavy atom. The minimum Gasteiger partial charge on any atom is -0.356 e. The molecular weight excluding hydrogens is 239 g/mol. The molecule has 0 radical (unpaired) electrons. The zero-order chi connectivity index (χ0) is 13.2. The Morgan fingerprint density at radius 2 is 1.56 bits per heavy atom. The molecule has 0 amide bonds. The first-order chi connectivity index (χ1) is 8.45. The fraction of sp³-hybridized carbons (Fsp3) is 0.143. The highest BCUT2D eigenvalue weighted by atomic mass is 19.4. The number of anilines is 2. The van der Waals surface area contributed by atoms with Gasteiger partial charge in [0.1, 0.15) is 0 Å². The molecule has 0 fully saturated rings. The van der Waals surface area contributed by atoms with E-state index in [-0.39, 0.29) is 0 Å².